The second-order valence-corrected chi connectivity index (χ2v) is 2.92. The summed E-state index contributed by atoms with van der Waals surface area (Å²) in [5, 5.41) is 8.93. The van der Waals surface area contributed by atoms with Crippen molar-refractivity contribution in [3.05, 3.63) is 12.3 Å². The topological polar surface area (TPSA) is 69.1 Å². The molecule has 0 radical (unpaired) electrons. The Hall–Kier alpha value is -0.810. The van der Waals surface area contributed by atoms with Gasteiger partial charge in [-0.1, -0.05) is 0 Å². The SMILES string of the molecule is C[S+]([O-])c1nccc(O)n1. The number of hydrogen-bond acceptors (Lipinski definition) is 4. The molecule has 0 aliphatic heterocycles. The number of nitrogens with zero attached hydrogens (tertiary/aromatic N) is 2. The Morgan fingerprint density at radius 1 is 1.70 bits per heavy atom. The summed E-state index contributed by atoms with van der Waals surface area (Å²) in [7, 11) is 0. The molecule has 0 spiro atoms. The maximum absolute atomic E-state index is 10.7. The number of aromatic hydroxyl groups is 1. The lowest BCUT2D eigenvalue weighted by Crippen LogP contribution is -2.02. The van der Waals surface area contributed by atoms with Gasteiger partial charge in [0, 0.05) is 23.4 Å². The fourth-order valence-electron chi connectivity index (χ4n) is 0.470. The highest BCUT2D eigenvalue weighted by atomic mass is 32.2. The van der Waals surface area contributed by atoms with Gasteiger partial charge in [-0.15, -0.1) is 4.98 Å². The highest BCUT2D eigenvalue weighted by Gasteiger charge is 2.06. The van der Waals surface area contributed by atoms with Crippen LogP contribution < -0.4 is 0 Å². The standard InChI is InChI=1S/C5H6N2O2S/c1-10(9)5-6-3-2-4(8)7-5/h2-3H,1H3,(H,6,7,8). The molecule has 1 N–H and O–H groups in total. The van der Waals surface area contributed by atoms with Crippen molar-refractivity contribution in [1.29, 1.82) is 0 Å². The lowest BCUT2D eigenvalue weighted by Gasteiger charge is -1.99. The summed E-state index contributed by atoms with van der Waals surface area (Å²) in [6, 6.07) is 1.33. The van der Waals surface area contributed by atoms with Gasteiger partial charge < -0.3 is 9.66 Å². The maximum Gasteiger partial charge on any atom is 0.345 e. The van der Waals surface area contributed by atoms with E-state index in [1.165, 1.54) is 18.5 Å². The lowest BCUT2D eigenvalue weighted by atomic mass is 10.6. The van der Waals surface area contributed by atoms with Crippen LogP contribution in [-0.2, 0) is 11.2 Å². The molecule has 0 fully saturated rings. The van der Waals surface area contributed by atoms with E-state index in [0.717, 1.165) is 0 Å². The lowest BCUT2D eigenvalue weighted by molar-refractivity contribution is 0.443. The molecule has 0 saturated carbocycles. The van der Waals surface area contributed by atoms with Crippen LogP contribution in [0.4, 0.5) is 0 Å². The third-order valence-corrected chi connectivity index (χ3v) is 1.59. The van der Waals surface area contributed by atoms with Crippen LogP contribution in [0.15, 0.2) is 17.4 Å². The molecule has 1 aromatic rings. The molecule has 0 aliphatic rings. The Kier molecular flexibility index (Phi) is 2.08. The molecule has 1 unspecified atom stereocenters. The number of hydrogen-bond donors (Lipinski definition) is 1. The van der Waals surface area contributed by atoms with Crippen LogP contribution in [0.2, 0.25) is 0 Å². The second-order valence-electron chi connectivity index (χ2n) is 1.65. The van der Waals surface area contributed by atoms with Crippen LogP contribution in [0, 0.1) is 0 Å². The molecule has 1 heterocycles. The van der Waals surface area contributed by atoms with E-state index < -0.39 is 11.2 Å². The largest absolute Gasteiger partial charge is 0.609 e. The summed E-state index contributed by atoms with van der Waals surface area (Å²) in [4.78, 5) is 7.18. The molecule has 0 aliphatic carbocycles. The van der Waals surface area contributed by atoms with E-state index in [1.54, 1.807) is 0 Å². The fraction of sp³-hybridized carbons (Fsp3) is 0.200. The van der Waals surface area contributed by atoms with Crippen LogP contribution in [0.5, 0.6) is 5.88 Å². The molecule has 4 nitrogen and oxygen atoms in total. The third-order valence-electron chi connectivity index (χ3n) is 0.876. The van der Waals surface area contributed by atoms with Gasteiger partial charge in [-0.25, -0.2) is 0 Å². The zero-order chi connectivity index (χ0) is 7.56. The van der Waals surface area contributed by atoms with Gasteiger partial charge in [-0.3, -0.25) is 0 Å². The third kappa shape index (κ3) is 1.58. The molecular weight excluding hydrogens is 152 g/mol. The van der Waals surface area contributed by atoms with E-state index in [4.69, 9.17) is 5.11 Å². The fourth-order valence-corrected chi connectivity index (χ4v) is 0.902. The number of rotatable bonds is 1. The van der Waals surface area contributed by atoms with Crippen molar-refractivity contribution in [2.24, 2.45) is 0 Å². The van der Waals surface area contributed by atoms with E-state index in [-0.39, 0.29) is 11.0 Å². The molecule has 5 heteroatoms. The average Bonchev–Trinajstić information content (AvgIpc) is 1.88. The minimum absolute atomic E-state index is 0.153. The predicted molar refractivity (Wildman–Crippen MR) is 36.0 cm³/mol. The van der Waals surface area contributed by atoms with Gasteiger partial charge in [0.1, 0.15) is 6.26 Å². The van der Waals surface area contributed by atoms with Crippen LogP contribution in [0.1, 0.15) is 0 Å². The van der Waals surface area contributed by atoms with Gasteiger partial charge in [-0.05, 0) is 0 Å². The van der Waals surface area contributed by atoms with E-state index in [0.29, 0.717) is 0 Å². The summed E-state index contributed by atoms with van der Waals surface area (Å²) >= 11 is -1.22. The van der Waals surface area contributed by atoms with Crippen molar-refractivity contribution in [2.45, 2.75) is 5.16 Å². The first-order valence-corrected chi connectivity index (χ1v) is 4.11. The van der Waals surface area contributed by atoms with Crippen LogP contribution >= 0.6 is 0 Å². The van der Waals surface area contributed by atoms with Gasteiger partial charge in [-0.2, -0.15) is 4.98 Å². The first-order chi connectivity index (χ1) is 4.70. The van der Waals surface area contributed by atoms with Crippen molar-refractivity contribution in [1.82, 2.24) is 9.97 Å². The van der Waals surface area contributed by atoms with Crippen molar-refractivity contribution in [2.75, 3.05) is 6.26 Å². The van der Waals surface area contributed by atoms with Crippen molar-refractivity contribution >= 4 is 11.2 Å². The van der Waals surface area contributed by atoms with E-state index in [1.807, 2.05) is 0 Å². The van der Waals surface area contributed by atoms with Gasteiger partial charge in [0.2, 0.25) is 5.88 Å². The second kappa shape index (κ2) is 2.85. The molecule has 1 atom stereocenters. The maximum atomic E-state index is 10.7. The van der Waals surface area contributed by atoms with Crippen LogP contribution in [0.3, 0.4) is 0 Å². The Labute approximate surface area is 61.1 Å². The summed E-state index contributed by atoms with van der Waals surface area (Å²) in [5.74, 6) is -0.153. The predicted octanol–water partition coefficient (Wildman–Crippen LogP) is -0.0804. The average molecular weight is 158 g/mol. The summed E-state index contributed by atoms with van der Waals surface area (Å²) in [6.07, 6.45) is 2.81. The molecular formula is C5H6N2O2S. The summed E-state index contributed by atoms with van der Waals surface area (Å²) in [5.41, 5.74) is 0. The normalized spacial score (nSPS) is 13.0. The summed E-state index contributed by atoms with van der Waals surface area (Å²) in [6.45, 7) is 0. The molecule has 10 heavy (non-hydrogen) atoms. The smallest absolute Gasteiger partial charge is 0.345 e. The van der Waals surface area contributed by atoms with Crippen molar-refractivity contribution in [3.8, 4) is 5.88 Å². The number of aromatic nitrogens is 2. The Bertz CT molecular complexity index is 229. The van der Waals surface area contributed by atoms with Gasteiger partial charge in [0.05, 0.1) is 0 Å². The summed E-state index contributed by atoms with van der Waals surface area (Å²) < 4.78 is 10.7. The van der Waals surface area contributed by atoms with Crippen LogP contribution in [0.25, 0.3) is 0 Å². The van der Waals surface area contributed by atoms with Gasteiger partial charge in [0.25, 0.3) is 0 Å². The quantitative estimate of drug-likeness (QED) is 0.458. The van der Waals surface area contributed by atoms with E-state index >= 15 is 0 Å². The minimum Gasteiger partial charge on any atom is -0.609 e. The molecule has 1 aromatic heterocycles. The zero-order valence-electron chi connectivity index (χ0n) is 5.31. The molecule has 54 valence electrons. The molecule has 0 bridgehead atoms. The molecule has 0 saturated heterocycles. The minimum atomic E-state index is -1.22. The van der Waals surface area contributed by atoms with Gasteiger partial charge >= 0.3 is 5.16 Å². The first kappa shape index (κ1) is 7.30. The highest BCUT2D eigenvalue weighted by molar-refractivity contribution is 7.90. The Morgan fingerprint density at radius 3 is 2.80 bits per heavy atom. The molecule has 1 rings (SSSR count). The van der Waals surface area contributed by atoms with Crippen molar-refractivity contribution < 1.29 is 9.66 Å². The zero-order valence-corrected chi connectivity index (χ0v) is 6.13. The Morgan fingerprint density at radius 2 is 2.40 bits per heavy atom. The Balaban J connectivity index is 2.96. The first-order valence-electron chi connectivity index (χ1n) is 2.55. The molecule has 0 aromatic carbocycles. The van der Waals surface area contributed by atoms with Crippen molar-refractivity contribution in [3.63, 3.8) is 0 Å². The highest BCUT2D eigenvalue weighted by Crippen LogP contribution is 2.05. The van der Waals surface area contributed by atoms with Gasteiger partial charge in [0.15, 0.2) is 0 Å². The van der Waals surface area contributed by atoms with E-state index in [9.17, 15) is 4.55 Å². The molecule has 0 amide bonds. The van der Waals surface area contributed by atoms with E-state index in [2.05, 4.69) is 9.97 Å². The monoisotopic (exact) mass is 158 g/mol. The van der Waals surface area contributed by atoms with Crippen LogP contribution in [-0.4, -0.2) is 25.9 Å².